The highest BCUT2D eigenvalue weighted by atomic mass is 15.3. The van der Waals surface area contributed by atoms with E-state index >= 15 is 0 Å². The summed E-state index contributed by atoms with van der Waals surface area (Å²) < 4.78 is 2.33. The van der Waals surface area contributed by atoms with Crippen LogP contribution in [0.3, 0.4) is 0 Å². The molecule has 0 unspecified atom stereocenters. The fourth-order valence-corrected chi connectivity index (χ4v) is 5.27. The lowest BCUT2D eigenvalue weighted by Gasteiger charge is -2.43. The van der Waals surface area contributed by atoms with Crippen molar-refractivity contribution in [3.8, 4) is 11.3 Å². The van der Waals surface area contributed by atoms with Gasteiger partial charge in [0.1, 0.15) is 11.5 Å². The smallest absolute Gasteiger partial charge is 0.142 e. The van der Waals surface area contributed by atoms with Crippen LogP contribution < -0.4 is 15.5 Å². The maximum absolute atomic E-state index is 6.26. The zero-order valence-corrected chi connectivity index (χ0v) is 19.1. The Morgan fingerprint density at radius 1 is 0.879 bits per heavy atom. The number of nitrogens with zero attached hydrogens (tertiary/aromatic N) is 5. The van der Waals surface area contributed by atoms with Gasteiger partial charge in [0.25, 0.3) is 0 Å². The highest BCUT2D eigenvalue weighted by molar-refractivity contribution is 5.78. The largest absolute Gasteiger partial charge is 0.368 e. The number of piperazine rings is 1. The zero-order valence-electron chi connectivity index (χ0n) is 19.1. The molecule has 6 rings (SSSR count). The second kappa shape index (κ2) is 7.89. The van der Waals surface area contributed by atoms with Crippen molar-refractivity contribution < 1.29 is 0 Å². The van der Waals surface area contributed by atoms with E-state index in [2.05, 4.69) is 74.9 Å². The van der Waals surface area contributed by atoms with E-state index in [9.17, 15) is 0 Å². The molecular formula is C27H30N6. The molecule has 2 N–H and O–H groups in total. The molecular weight excluding hydrogens is 408 g/mol. The maximum atomic E-state index is 6.26. The Hall–Kier alpha value is -3.38. The van der Waals surface area contributed by atoms with Gasteiger partial charge in [0.15, 0.2) is 0 Å². The minimum absolute atomic E-state index is 0.0367. The van der Waals surface area contributed by atoms with Gasteiger partial charge in [0, 0.05) is 66.8 Å². The molecule has 0 spiro atoms. The van der Waals surface area contributed by atoms with Crippen LogP contribution in [0.25, 0.3) is 22.3 Å². The van der Waals surface area contributed by atoms with Crippen molar-refractivity contribution in [2.24, 2.45) is 5.73 Å². The van der Waals surface area contributed by atoms with Gasteiger partial charge in [0.05, 0.1) is 5.69 Å². The zero-order chi connectivity index (χ0) is 22.4. The Bertz CT molecular complexity index is 1250. The molecule has 1 aliphatic heterocycles. The third-order valence-corrected chi connectivity index (χ3v) is 7.14. The van der Waals surface area contributed by atoms with Gasteiger partial charge in [-0.05, 0) is 62.2 Å². The highest BCUT2D eigenvalue weighted by Gasteiger charge is 2.38. The molecule has 2 aliphatic rings. The van der Waals surface area contributed by atoms with Crippen LogP contribution in [0.15, 0.2) is 73.1 Å². The number of fused-ring (bicyclic) bond motifs is 1. The van der Waals surface area contributed by atoms with Gasteiger partial charge in [0.2, 0.25) is 0 Å². The third-order valence-electron chi connectivity index (χ3n) is 7.14. The molecule has 1 aromatic carbocycles. The van der Waals surface area contributed by atoms with Crippen molar-refractivity contribution in [3.63, 3.8) is 0 Å². The Morgan fingerprint density at radius 3 is 2.33 bits per heavy atom. The molecule has 4 aromatic rings. The van der Waals surface area contributed by atoms with Crippen molar-refractivity contribution in [1.29, 1.82) is 0 Å². The molecule has 0 bridgehead atoms. The third kappa shape index (κ3) is 3.85. The van der Waals surface area contributed by atoms with Crippen LogP contribution in [-0.4, -0.2) is 46.3 Å². The normalized spacial score (nSPS) is 23.0. The van der Waals surface area contributed by atoms with Gasteiger partial charge < -0.3 is 20.1 Å². The summed E-state index contributed by atoms with van der Waals surface area (Å²) in [6, 6.07) is 21.8. The van der Waals surface area contributed by atoms with E-state index in [1.807, 2.05) is 24.4 Å². The van der Waals surface area contributed by atoms with E-state index in [1.54, 1.807) is 0 Å². The lowest BCUT2D eigenvalue weighted by Crippen LogP contribution is -2.49. The predicted molar refractivity (Wildman–Crippen MR) is 135 cm³/mol. The van der Waals surface area contributed by atoms with Crippen LogP contribution in [0.5, 0.6) is 0 Å². The van der Waals surface area contributed by atoms with E-state index in [4.69, 9.17) is 10.7 Å². The first-order chi connectivity index (χ1) is 16.1. The Balaban J connectivity index is 1.14. The molecule has 1 aliphatic carbocycles. The number of rotatable bonds is 4. The summed E-state index contributed by atoms with van der Waals surface area (Å²) in [7, 11) is 0. The highest BCUT2D eigenvalue weighted by Crippen LogP contribution is 2.40. The monoisotopic (exact) mass is 438 g/mol. The Morgan fingerprint density at radius 2 is 1.64 bits per heavy atom. The van der Waals surface area contributed by atoms with Crippen molar-refractivity contribution in [2.45, 2.75) is 31.3 Å². The summed E-state index contributed by atoms with van der Waals surface area (Å²) in [6.07, 6.45) is 6.04. The molecule has 6 nitrogen and oxygen atoms in total. The fourth-order valence-electron chi connectivity index (χ4n) is 5.27. The van der Waals surface area contributed by atoms with Crippen molar-refractivity contribution in [2.75, 3.05) is 36.0 Å². The molecule has 4 heterocycles. The number of hydrogen-bond acceptors (Lipinski definition) is 5. The minimum atomic E-state index is -0.0367. The maximum Gasteiger partial charge on any atom is 0.142 e. The Labute approximate surface area is 194 Å². The quantitative estimate of drug-likeness (QED) is 0.509. The van der Waals surface area contributed by atoms with Crippen LogP contribution in [0.1, 0.15) is 25.8 Å². The van der Waals surface area contributed by atoms with E-state index in [0.717, 1.165) is 61.7 Å². The number of hydrogen-bond donors (Lipinski definition) is 1. The van der Waals surface area contributed by atoms with Gasteiger partial charge in [-0.1, -0.05) is 18.2 Å². The number of pyridine rings is 2. The summed E-state index contributed by atoms with van der Waals surface area (Å²) in [4.78, 5) is 14.4. The van der Waals surface area contributed by atoms with Gasteiger partial charge >= 0.3 is 0 Å². The second-order valence-corrected chi connectivity index (χ2v) is 9.76. The van der Waals surface area contributed by atoms with E-state index < -0.39 is 0 Å². The van der Waals surface area contributed by atoms with Crippen LogP contribution in [-0.2, 0) is 0 Å². The molecule has 1 saturated heterocycles. The minimum Gasteiger partial charge on any atom is -0.368 e. The fraction of sp³-hybridized carbons (Fsp3) is 0.333. The molecule has 0 radical (unpaired) electrons. The average Bonchev–Trinajstić information content (AvgIpc) is 3.26. The van der Waals surface area contributed by atoms with Crippen molar-refractivity contribution in [3.05, 3.63) is 73.1 Å². The predicted octanol–water partition coefficient (Wildman–Crippen LogP) is 4.48. The van der Waals surface area contributed by atoms with Gasteiger partial charge in [-0.15, -0.1) is 0 Å². The van der Waals surface area contributed by atoms with Crippen LogP contribution in [0, 0.1) is 0 Å². The Kier molecular flexibility index (Phi) is 4.84. The summed E-state index contributed by atoms with van der Waals surface area (Å²) in [6.45, 7) is 6.03. The topological polar surface area (TPSA) is 63.2 Å². The second-order valence-electron chi connectivity index (χ2n) is 9.76. The number of benzene rings is 1. The van der Waals surface area contributed by atoms with E-state index in [0.29, 0.717) is 6.04 Å². The number of anilines is 2. The average molecular weight is 439 g/mol. The summed E-state index contributed by atoms with van der Waals surface area (Å²) in [5.41, 5.74) is 10.7. The van der Waals surface area contributed by atoms with Crippen LogP contribution >= 0.6 is 0 Å². The summed E-state index contributed by atoms with van der Waals surface area (Å²) in [5, 5.41) is 1.20. The summed E-state index contributed by atoms with van der Waals surface area (Å²) >= 11 is 0. The molecule has 0 amide bonds. The van der Waals surface area contributed by atoms with Crippen molar-refractivity contribution in [1.82, 2.24) is 14.5 Å². The van der Waals surface area contributed by atoms with E-state index in [1.165, 1.54) is 11.1 Å². The molecule has 2 fully saturated rings. The lowest BCUT2D eigenvalue weighted by molar-refractivity contribution is 0.176. The lowest BCUT2D eigenvalue weighted by atomic mass is 9.75. The van der Waals surface area contributed by atoms with Gasteiger partial charge in [-0.25, -0.2) is 4.98 Å². The molecule has 3 aromatic heterocycles. The van der Waals surface area contributed by atoms with Gasteiger partial charge in [-0.2, -0.15) is 0 Å². The first-order valence-electron chi connectivity index (χ1n) is 11.8. The van der Waals surface area contributed by atoms with Crippen molar-refractivity contribution >= 4 is 22.5 Å². The molecule has 0 atom stereocenters. The number of nitrogens with two attached hydrogens (primary N) is 1. The molecule has 33 heavy (non-hydrogen) atoms. The molecule has 168 valence electrons. The number of aromatic nitrogens is 3. The van der Waals surface area contributed by atoms with Gasteiger partial charge in [-0.3, -0.25) is 4.98 Å². The van der Waals surface area contributed by atoms with E-state index in [-0.39, 0.29) is 5.54 Å². The first kappa shape index (κ1) is 20.2. The first-order valence-corrected chi connectivity index (χ1v) is 11.8. The molecule has 1 saturated carbocycles. The van der Waals surface area contributed by atoms with Crippen LogP contribution in [0.4, 0.5) is 11.5 Å². The summed E-state index contributed by atoms with van der Waals surface area (Å²) in [5.74, 6) is 1.07. The molecule has 6 heteroatoms. The standard InChI is InChI=1S/C27H30N6/c1-27(28)18-23(19-27)33-13-11-21-7-10-25(30-26(21)33)32-16-14-31(15-17-32)22-8-5-20(6-9-22)24-4-2-3-12-29-24/h2-13,23H,14-19,28H2,1H3. The van der Waals surface area contributed by atoms with Crippen LogP contribution in [0.2, 0.25) is 0 Å². The SMILES string of the molecule is CC1(N)CC(n2ccc3ccc(N4CCN(c5ccc(-c6ccccn6)cc5)CC4)nc32)C1.